The van der Waals surface area contributed by atoms with Gasteiger partial charge in [-0.1, -0.05) is 29.8 Å². The molecule has 5 rings (SSSR count). The lowest BCUT2D eigenvalue weighted by Crippen LogP contribution is -2.35. The summed E-state index contributed by atoms with van der Waals surface area (Å²) in [5.41, 5.74) is 4.92. The number of carbonyl (C=O) groups is 2. The summed E-state index contributed by atoms with van der Waals surface area (Å²) in [7, 11) is 0. The lowest BCUT2D eigenvalue weighted by atomic mass is 10.1. The zero-order valence-corrected chi connectivity index (χ0v) is 20.2. The topological polar surface area (TPSA) is 88.3 Å². The Kier molecular flexibility index (Phi) is 6.89. The molecule has 1 saturated heterocycles. The van der Waals surface area contributed by atoms with E-state index in [2.05, 4.69) is 15.5 Å². The molecule has 0 atom stereocenters. The molecule has 1 N–H and O–H groups in total. The highest BCUT2D eigenvalue weighted by Crippen LogP contribution is 2.24. The monoisotopic (exact) mass is 480 g/mol. The number of carbonyl (C=O) groups excluding carboxylic acids is 2. The molecule has 1 aliphatic heterocycles. The summed E-state index contributed by atoms with van der Waals surface area (Å²) in [4.78, 5) is 27.2. The fraction of sp³-hybridized carbons (Fsp3) is 0.241. The molecule has 182 valence electrons. The smallest absolute Gasteiger partial charge is 0.253 e. The van der Waals surface area contributed by atoms with Gasteiger partial charge in [0.2, 0.25) is 11.8 Å². The Hall–Kier alpha value is -4.26. The van der Waals surface area contributed by atoms with Crippen molar-refractivity contribution in [2.45, 2.75) is 32.7 Å². The number of rotatable bonds is 6. The lowest BCUT2D eigenvalue weighted by Gasteiger charge is -2.26. The Morgan fingerprint density at radius 3 is 1.94 bits per heavy atom. The summed E-state index contributed by atoms with van der Waals surface area (Å²) in [6.07, 6.45) is 3.33. The highest BCUT2D eigenvalue weighted by Gasteiger charge is 2.18. The third-order valence-corrected chi connectivity index (χ3v) is 6.41. The lowest BCUT2D eigenvalue weighted by molar-refractivity contribution is 0.0724. The van der Waals surface area contributed by atoms with Crippen LogP contribution in [0.5, 0.6) is 0 Å². The number of aromatic nitrogens is 2. The first-order valence-corrected chi connectivity index (χ1v) is 12.2. The Labute approximate surface area is 210 Å². The number of nitrogens with zero attached hydrogens (tertiary/aromatic N) is 3. The van der Waals surface area contributed by atoms with E-state index in [4.69, 9.17) is 4.42 Å². The number of amides is 2. The number of hydrogen-bond donors (Lipinski definition) is 1. The molecule has 7 heteroatoms. The molecule has 0 spiro atoms. The van der Waals surface area contributed by atoms with Gasteiger partial charge in [-0.15, -0.1) is 10.2 Å². The molecule has 0 bridgehead atoms. The number of nitrogens with one attached hydrogen (secondary N) is 1. The number of aryl methyl sites for hydroxylation is 1. The van der Waals surface area contributed by atoms with Crippen molar-refractivity contribution in [2.75, 3.05) is 13.1 Å². The minimum absolute atomic E-state index is 0.0811. The van der Waals surface area contributed by atoms with Crippen molar-refractivity contribution in [1.29, 1.82) is 0 Å². The first kappa shape index (κ1) is 23.5. The number of likely N-dealkylation sites (tertiary alicyclic amines) is 1. The first-order chi connectivity index (χ1) is 17.6. The molecule has 4 aromatic rings. The summed E-state index contributed by atoms with van der Waals surface area (Å²) in [6.45, 7) is 4.06. The van der Waals surface area contributed by atoms with Gasteiger partial charge >= 0.3 is 0 Å². The Morgan fingerprint density at radius 1 is 0.778 bits per heavy atom. The van der Waals surface area contributed by atoms with E-state index >= 15 is 0 Å². The molecule has 2 amide bonds. The highest BCUT2D eigenvalue weighted by atomic mass is 16.4. The van der Waals surface area contributed by atoms with Crippen LogP contribution in [0.15, 0.2) is 77.2 Å². The number of hydrogen-bond acceptors (Lipinski definition) is 5. The summed E-state index contributed by atoms with van der Waals surface area (Å²) in [5, 5.41) is 11.2. The quantitative estimate of drug-likeness (QED) is 0.406. The third-order valence-electron chi connectivity index (χ3n) is 6.41. The summed E-state index contributed by atoms with van der Waals surface area (Å²) < 4.78 is 5.82. The first-order valence-electron chi connectivity index (χ1n) is 12.2. The van der Waals surface area contributed by atoms with Crippen LogP contribution in [0.4, 0.5) is 0 Å². The SMILES string of the molecule is Cc1ccc(-c2nnc(-c3ccc(C(=O)NCc4ccc(C(=O)N5CCCCC5)cc4)cc3)o2)cc1. The second kappa shape index (κ2) is 10.6. The van der Waals surface area contributed by atoms with Crippen molar-refractivity contribution in [3.05, 3.63) is 95.1 Å². The van der Waals surface area contributed by atoms with Crippen LogP contribution in [-0.2, 0) is 6.54 Å². The Bertz CT molecular complexity index is 1340. The van der Waals surface area contributed by atoms with Gasteiger partial charge in [-0.05, 0) is 80.3 Å². The second-order valence-corrected chi connectivity index (χ2v) is 9.09. The molecule has 0 saturated carbocycles. The van der Waals surface area contributed by atoms with Gasteiger partial charge in [-0.2, -0.15) is 0 Å². The van der Waals surface area contributed by atoms with Crippen molar-refractivity contribution in [3.63, 3.8) is 0 Å². The maximum atomic E-state index is 12.6. The van der Waals surface area contributed by atoms with Crippen LogP contribution in [0.3, 0.4) is 0 Å². The summed E-state index contributed by atoms with van der Waals surface area (Å²) in [5.74, 6) is 0.755. The molecule has 2 heterocycles. The predicted molar refractivity (Wildman–Crippen MR) is 137 cm³/mol. The predicted octanol–water partition coefficient (Wildman–Crippen LogP) is 5.27. The van der Waals surface area contributed by atoms with E-state index < -0.39 is 0 Å². The van der Waals surface area contributed by atoms with E-state index in [0.717, 1.165) is 48.2 Å². The minimum Gasteiger partial charge on any atom is -0.416 e. The molecule has 1 aromatic heterocycles. The molecule has 0 aliphatic carbocycles. The second-order valence-electron chi connectivity index (χ2n) is 9.09. The molecule has 1 fully saturated rings. The third kappa shape index (κ3) is 5.35. The average Bonchev–Trinajstić information content (AvgIpc) is 3.43. The maximum Gasteiger partial charge on any atom is 0.253 e. The minimum atomic E-state index is -0.180. The van der Waals surface area contributed by atoms with Crippen LogP contribution in [0, 0.1) is 6.92 Å². The van der Waals surface area contributed by atoms with Gasteiger partial charge in [-0.3, -0.25) is 9.59 Å². The van der Waals surface area contributed by atoms with E-state index in [0.29, 0.717) is 29.5 Å². The van der Waals surface area contributed by atoms with Crippen molar-refractivity contribution in [1.82, 2.24) is 20.4 Å². The van der Waals surface area contributed by atoms with Crippen LogP contribution >= 0.6 is 0 Å². The molecule has 3 aromatic carbocycles. The van der Waals surface area contributed by atoms with Crippen LogP contribution in [-0.4, -0.2) is 40.0 Å². The fourth-order valence-electron chi connectivity index (χ4n) is 4.25. The van der Waals surface area contributed by atoms with Crippen molar-refractivity contribution >= 4 is 11.8 Å². The summed E-state index contributed by atoms with van der Waals surface area (Å²) >= 11 is 0. The van der Waals surface area contributed by atoms with Gasteiger partial charge in [0.15, 0.2) is 0 Å². The standard InChI is InChI=1S/C29H28N4O3/c1-20-5-9-23(10-6-20)27-31-32-28(36-27)24-15-13-22(14-16-24)26(34)30-19-21-7-11-25(12-8-21)29(35)33-17-3-2-4-18-33/h5-16H,2-4,17-19H2,1H3,(H,30,34). The molecule has 0 unspecified atom stereocenters. The van der Waals surface area contributed by atoms with Gasteiger partial charge in [-0.25, -0.2) is 0 Å². The molecule has 36 heavy (non-hydrogen) atoms. The Morgan fingerprint density at radius 2 is 1.33 bits per heavy atom. The van der Waals surface area contributed by atoms with Gasteiger partial charge < -0.3 is 14.6 Å². The largest absolute Gasteiger partial charge is 0.416 e. The average molecular weight is 481 g/mol. The molecule has 7 nitrogen and oxygen atoms in total. The van der Waals surface area contributed by atoms with E-state index in [1.165, 1.54) is 6.42 Å². The summed E-state index contributed by atoms with van der Waals surface area (Å²) in [6, 6.07) is 22.4. The molecule has 0 radical (unpaired) electrons. The maximum absolute atomic E-state index is 12.6. The van der Waals surface area contributed by atoms with Gasteiger partial charge in [0, 0.05) is 41.9 Å². The van der Waals surface area contributed by atoms with Crippen molar-refractivity contribution in [2.24, 2.45) is 0 Å². The van der Waals surface area contributed by atoms with E-state index in [1.807, 2.05) is 60.4 Å². The van der Waals surface area contributed by atoms with Crippen molar-refractivity contribution in [3.8, 4) is 22.9 Å². The number of piperidine rings is 1. The normalized spacial score (nSPS) is 13.4. The van der Waals surface area contributed by atoms with Gasteiger partial charge in [0.1, 0.15) is 0 Å². The molecule has 1 aliphatic rings. The highest BCUT2D eigenvalue weighted by molar-refractivity contribution is 5.95. The van der Waals surface area contributed by atoms with E-state index in [-0.39, 0.29) is 11.8 Å². The Balaban J connectivity index is 1.17. The van der Waals surface area contributed by atoms with Gasteiger partial charge in [0.05, 0.1) is 0 Å². The van der Waals surface area contributed by atoms with Gasteiger partial charge in [0.25, 0.3) is 11.8 Å². The van der Waals surface area contributed by atoms with E-state index in [9.17, 15) is 9.59 Å². The van der Waals surface area contributed by atoms with Crippen LogP contribution in [0.1, 0.15) is 51.1 Å². The zero-order chi connectivity index (χ0) is 24.9. The molecular formula is C29H28N4O3. The zero-order valence-electron chi connectivity index (χ0n) is 20.2. The molecular weight excluding hydrogens is 452 g/mol. The van der Waals surface area contributed by atoms with Crippen LogP contribution in [0.25, 0.3) is 22.9 Å². The van der Waals surface area contributed by atoms with Crippen LogP contribution in [0.2, 0.25) is 0 Å². The van der Waals surface area contributed by atoms with Crippen molar-refractivity contribution < 1.29 is 14.0 Å². The van der Waals surface area contributed by atoms with E-state index in [1.54, 1.807) is 24.3 Å². The fourth-order valence-corrected chi connectivity index (χ4v) is 4.25. The van der Waals surface area contributed by atoms with Crippen LogP contribution < -0.4 is 5.32 Å². The number of benzene rings is 3.